The Labute approximate surface area is 127 Å². The Kier molecular flexibility index (Phi) is 3.76. The van der Waals surface area contributed by atoms with Gasteiger partial charge in [-0.25, -0.2) is 9.97 Å². The van der Waals surface area contributed by atoms with E-state index in [1.54, 1.807) is 11.3 Å². The van der Waals surface area contributed by atoms with Crippen LogP contribution in [-0.2, 0) is 12.3 Å². The van der Waals surface area contributed by atoms with E-state index < -0.39 is 0 Å². The first-order valence-electron chi connectivity index (χ1n) is 6.60. The maximum absolute atomic E-state index is 6.06. The van der Waals surface area contributed by atoms with Gasteiger partial charge >= 0.3 is 0 Å². The highest BCUT2D eigenvalue weighted by molar-refractivity contribution is 7.07. The van der Waals surface area contributed by atoms with Crippen LogP contribution in [0.2, 0.25) is 0 Å². The van der Waals surface area contributed by atoms with E-state index in [0.29, 0.717) is 5.88 Å². The van der Waals surface area contributed by atoms with Crippen molar-refractivity contribution in [2.45, 2.75) is 32.2 Å². The van der Waals surface area contributed by atoms with Gasteiger partial charge in [0.2, 0.25) is 0 Å². The normalized spacial score (nSPS) is 12.9. The van der Waals surface area contributed by atoms with Crippen LogP contribution in [0, 0.1) is 6.92 Å². The van der Waals surface area contributed by atoms with Gasteiger partial charge in [-0.3, -0.25) is 0 Å². The van der Waals surface area contributed by atoms with Crippen molar-refractivity contribution < 1.29 is 0 Å². The van der Waals surface area contributed by atoms with Crippen LogP contribution in [0.25, 0.3) is 11.2 Å². The zero-order valence-electron chi connectivity index (χ0n) is 11.5. The number of hydrogen-bond acceptors (Lipinski definition) is 3. The van der Waals surface area contributed by atoms with E-state index in [1.807, 2.05) is 19.1 Å². The molecule has 0 saturated carbocycles. The third kappa shape index (κ3) is 2.45. The SMILES string of the molecule is Cc1ccc2nc(CCl)n(C(C)Cc3ccsc3)c2n1. The lowest BCUT2D eigenvalue weighted by molar-refractivity contribution is 0.540. The van der Waals surface area contributed by atoms with E-state index in [2.05, 4.69) is 38.3 Å². The lowest BCUT2D eigenvalue weighted by Gasteiger charge is -2.16. The van der Waals surface area contributed by atoms with E-state index >= 15 is 0 Å². The van der Waals surface area contributed by atoms with Gasteiger partial charge in [0.1, 0.15) is 11.3 Å². The highest BCUT2D eigenvalue weighted by Gasteiger charge is 2.17. The third-order valence-electron chi connectivity index (χ3n) is 3.42. The maximum atomic E-state index is 6.06. The molecule has 3 nitrogen and oxygen atoms in total. The minimum atomic E-state index is 0.289. The lowest BCUT2D eigenvalue weighted by Crippen LogP contribution is -2.11. The summed E-state index contributed by atoms with van der Waals surface area (Å²) in [5, 5.41) is 4.30. The zero-order chi connectivity index (χ0) is 14.1. The minimum absolute atomic E-state index is 0.289. The molecular weight excluding hydrogens is 290 g/mol. The van der Waals surface area contributed by atoms with Gasteiger partial charge in [0.15, 0.2) is 5.65 Å². The standard InChI is InChI=1S/C15H16ClN3S/c1-10-3-4-13-15(17-10)19(14(8-16)18-13)11(2)7-12-5-6-20-9-12/h3-6,9,11H,7-8H2,1-2H3. The summed E-state index contributed by atoms with van der Waals surface area (Å²) in [5.74, 6) is 1.30. The van der Waals surface area contributed by atoms with Gasteiger partial charge in [-0.2, -0.15) is 11.3 Å². The number of hydrogen-bond donors (Lipinski definition) is 0. The van der Waals surface area contributed by atoms with Gasteiger partial charge in [0.25, 0.3) is 0 Å². The Morgan fingerprint density at radius 2 is 2.15 bits per heavy atom. The quantitative estimate of drug-likeness (QED) is 0.671. The number of pyridine rings is 1. The molecule has 0 aliphatic rings. The van der Waals surface area contributed by atoms with E-state index in [-0.39, 0.29) is 6.04 Å². The maximum Gasteiger partial charge on any atom is 0.160 e. The largest absolute Gasteiger partial charge is 0.309 e. The van der Waals surface area contributed by atoms with Crippen molar-refractivity contribution in [2.75, 3.05) is 0 Å². The van der Waals surface area contributed by atoms with Crippen molar-refractivity contribution in [3.8, 4) is 0 Å². The topological polar surface area (TPSA) is 30.7 Å². The van der Waals surface area contributed by atoms with Gasteiger partial charge in [-0.15, -0.1) is 11.6 Å². The van der Waals surface area contributed by atoms with Crippen molar-refractivity contribution >= 4 is 34.1 Å². The van der Waals surface area contributed by atoms with Crippen LogP contribution in [-0.4, -0.2) is 14.5 Å². The monoisotopic (exact) mass is 305 g/mol. The lowest BCUT2D eigenvalue weighted by atomic mass is 10.1. The molecule has 0 amide bonds. The zero-order valence-corrected chi connectivity index (χ0v) is 13.1. The summed E-state index contributed by atoms with van der Waals surface area (Å²) < 4.78 is 2.17. The molecule has 3 heterocycles. The molecule has 0 spiro atoms. The molecule has 20 heavy (non-hydrogen) atoms. The van der Waals surface area contributed by atoms with Crippen LogP contribution >= 0.6 is 22.9 Å². The molecule has 3 rings (SSSR count). The van der Waals surface area contributed by atoms with Crippen molar-refractivity contribution in [3.63, 3.8) is 0 Å². The van der Waals surface area contributed by atoms with E-state index in [0.717, 1.165) is 29.1 Å². The smallest absolute Gasteiger partial charge is 0.160 e. The van der Waals surface area contributed by atoms with Crippen molar-refractivity contribution in [1.82, 2.24) is 14.5 Å². The summed E-state index contributed by atoms with van der Waals surface area (Å²) in [6.07, 6.45) is 0.967. The number of fused-ring (bicyclic) bond motifs is 1. The average Bonchev–Trinajstić information content (AvgIpc) is 3.04. The molecule has 3 aromatic heterocycles. The molecule has 0 aliphatic heterocycles. The van der Waals surface area contributed by atoms with Crippen LogP contribution < -0.4 is 0 Å². The highest BCUT2D eigenvalue weighted by atomic mass is 35.5. The number of alkyl halides is 1. The molecule has 3 aromatic rings. The highest BCUT2D eigenvalue weighted by Crippen LogP contribution is 2.24. The molecule has 0 fully saturated rings. The fourth-order valence-electron chi connectivity index (χ4n) is 2.51. The Bertz CT molecular complexity index is 718. The first-order valence-corrected chi connectivity index (χ1v) is 8.08. The Hall–Kier alpha value is -1.39. The Morgan fingerprint density at radius 3 is 2.85 bits per heavy atom. The van der Waals surface area contributed by atoms with Crippen LogP contribution in [0.4, 0.5) is 0 Å². The molecule has 1 unspecified atom stereocenters. The van der Waals surface area contributed by atoms with E-state index in [9.17, 15) is 0 Å². The van der Waals surface area contributed by atoms with Crippen LogP contribution in [0.15, 0.2) is 29.0 Å². The number of rotatable bonds is 4. The number of nitrogens with zero attached hydrogens (tertiary/aromatic N) is 3. The summed E-state index contributed by atoms with van der Waals surface area (Å²) in [5.41, 5.74) is 4.20. The summed E-state index contributed by atoms with van der Waals surface area (Å²) in [7, 11) is 0. The summed E-state index contributed by atoms with van der Waals surface area (Å²) in [6, 6.07) is 6.46. The average molecular weight is 306 g/mol. The van der Waals surface area contributed by atoms with Crippen molar-refractivity contribution in [3.05, 3.63) is 46.0 Å². The molecular formula is C15H16ClN3S. The van der Waals surface area contributed by atoms with Gasteiger partial charge in [0, 0.05) is 11.7 Å². The fraction of sp³-hybridized carbons (Fsp3) is 0.333. The second-order valence-corrected chi connectivity index (χ2v) is 6.06. The number of aromatic nitrogens is 3. The van der Waals surface area contributed by atoms with Crippen molar-refractivity contribution in [1.29, 1.82) is 0 Å². The Balaban J connectivity index is 2.06. The molecule has 0 bridgehead atoms. The molecule has 0 radical (unpaired) electrons. The third-order valence-corrected chi connectivity index (χ3v) is 4.39. The first kappa shape index (κ1) is 13.6. The molecule has 5 heteroatoms. The predicted molar refractivity (Wildman–Crippen MR) is 84.6 cm³/mol. The van der Waals surface area contributed by atoms with Crippen LogP contribution in [0.1, 0.15) is 30.0 Å². The van der Waals surface area contributed by atoms with Gasteiger partial charge < -0.3 is 4.57 Å². The number of halogens is 1. The van der Waals surface area contributed by atoms with E-state index in [1.165, 1.54) is 5.56 Å². The molecule has 104 valence electrons. The molecule has 0 N–H and O–H groups in total. The molecule has 0 aliphatic carbocycles. The minimum Gasteiger partial charge on any atom is -0.309 e. The van der Waals surface area contributed by atoms with Crippen molar-refractivity contribution in [2.24, 2.45) is 0 Å². The molecule has 0 saturated heterocycles. The summed E-state index contributed by atoms with van der Waals surface area (Å²) in [6.45, 7) is 4.19. The Morgan fingerprint density at radius 1 is 1.30 bits per heavy atom. The molecule has 1 atom stereocenters. The van der Waals surface area contributed by atoms with Gasteiger partial charge in [-0.1, -0.05) is 0 Å². The van der Waals surface area contributed by atoms with Gasteiger partial charge in [0.05, 0.1) is 5.88 Å². The summed E-state index contributed by atoms with van der Waals surface area (Å²) in [4.78, 5) is 9.23. The molecule has 0 aromatic carbocycles. The second kappa shape index (κ2) is 5.54. The number of aryl methyl sites for hydroxylation is 1. The number of thiophene rings is 1. The fourth-order valence-corrected chi connectivity index (χ4v) is 3.38. The summed E-state index contributed by atoms with van der Waals surface area (Å²) >= 11 is 7.79. The number of imidazole rings is 1. The predicted octanol–water partition coefficient (Wildman–Crippen LogP) is 4.34. The second-order valence-electron chi connectivity index (χ2n) is 5.01. The van der Waals surface area contributed by atoms with E-state index in [4.69, 9.17) is 11.6 Å². The van der Waals surface area contributed by atoms with Crippen LogP contribution in [0.5, 0.6) is 0 Å². The van der Waals surface area contributed by atoms with Crippen LogP contribution in [0.3, 0.4) is 0 Å². The first-order chi connectivity index (χ1) is 9.69. The van der Waals surface area contributed by atoms with Gasteiger partial charge in [-0.05, 0) is 54.8 Å².